The molecular weight excluding hydrogens is 484 g/mol. The largest absolute Gasteiger partial charge is 0.461 e. The fourth-order valence-corrected chi connectivity index (χ4v) is 5.40. The van der Waals surface area contributed by atoms with Crippen LogP contribution in [0.2, 0.25) is 0 Å². The molecule has 3 N–H and O–H groups in total. The maximum absolute atomic E-state index is 13.0. The highest BCUT2D eigenvalue weighted by Gasteiger charge is 2.40. The first-order valence-electron chi connectivity index (χ1n) is 12.2. The molecule has 1 amide bonds. The van der Waals surface area contributed by atoms with E-state index >= 15 is 0 Å². The second-order valence-electron chi connectivity index (χ2n) is 10.6. The Hall–Kier alpha value is -2.76. The standard InChI is InChI=1S/C25H34N4O6S/c1-4-19-21-20(13-25(14-27-22(21)30)9-11-34-12-10-25)29(28-19)15-24(2,3)16-35-23(31)17-5-7-18(8-6-17)36(26,32)33/h5-8H,4,9-16H2,1-3H3,(H,27,30)(H2,26,32,33). The SMILES string of the molecule is CCc1nn(CC(C)(C)COC(=O)c2ccc(S(N)(=O)=O)cc2)c2c1C(=O)NCC1(CCOCC1)C2. The molecule has 1 aromatic carbocycles. The third-order valence-electron chi connectivity index (χ3n) is 7.00. The van der Waals surface area contributed by atoms with E-state index in [1.165, 1.54) is 24.3 Å². The maximum Gasteiger partial charge on any atom is 0.338 e. The van der Waals surface area contributed by atoms with Crippen molar-refractivity contribution in [2.75, 3.05) is 26.4 Å². The van der Waals surface area contributed by atoms with E-state index in [4.69, 9.17) is 19.7 Å². The highest BCUT2D eigenvalue weighted by atomic mass is 32.2. The second-order valence-corrected chi connectivity index (χ2v) is 12.1. The van der Waals surface area contributed by atoms with Crippen LogP contribution in [0.15, 0.2) is 29.2 Å². The zero-order valence-corrected chi connectivity index (χ0v) is 21.8. The number of esters is 1. The summed E-state index contributed by atoms with van der Waals surface area (Å²) >= 11 is 0. The molecule has 10 nitrogen and oxygen atoms in total. The molecule has 11 heteroatoms. The summed E-state index contributed by atoms with van der Waals surface area (Å²) in [6, 6.07) is 5.31. The summed E-state index contributed by atoms with van der Waals surface area (Å²) in [5.74, 6) is -0.637. The molecule has 0 atom stereocenters. The Kier molecular flexibility index (Phi) is 7.27. The van der Waals surface area contributed by atoms with Gasteiger partial charge in [-0.1, -0.05) is 20.8 Å². The van der Waals surface area contributed by atoms with Gasteiger partial charge < -0.3 is 14.8 Å². The molecule has 1 aromatic heterocycles. The number of hydrogen-bond acceptors (Lipinski definition) is 7. The Balaban J connectivity index is 1.51. The first-order valence-corrected chi connectivity index (χ1v) is 13.7. The monoisotopic (exact) mass is 518 g/mol. The summed E-state index contributed by atoms with van der Waals surface area (Å²) < 4.78 is 35.9. The average molecular weight is 519 g/mol. The van der Waals surface area contributed by atoms with E-state index in [9.17, 15) is 18.0 Å². The van der Waals surface area contributed by atoms with E-state index in [1.54, 1.807) is 0 Å². The molecule has 1 saturated heterocycles. The van der Waals surface area contributed by atoms with Crippen LogP contribution in [0.25, 0.3) is 0 Å². The molecule has 0 unspecified atom stereocenters. The quantitative estimate of drug-likeness (QED) is 0.534. The van der Waals surface area contributed by atoms with Gasteiger partial charge in [0.1, 0.15) is 0 Å². The summed E-state index contributed by atoms with van der Waals surface area (Å²) in [5.41, 5.74) is 2.08. The molecule has 1 spiro atoms. The first-order chi connectivity index (χ1) is 16.9. The van der Waals surface area contributed by atoms with Crippen LogP contribution >= 0.6 is 0 Å². The van der Waals surface area contributed by atoms with Crippen LogP contribution in [-0.4, -0.2) is 56.4 Å². The molecular formula is C25H34N4O6S. The Morgan fingerprint density at radius 3 is 2.53 bits per heavy atom. The number of primary sulfonamides is 1. The second kappa shape index (κ2) is 9.95. The highest BCUT2D eigenvalue weighted by molar-refractivity contribution is 7.89. The number of nitrogens with two attached hydrogens (primary N) is 1. The summed E-state index contributed by atoms with van der Waals surface area (Å²) in [6.45, 7) is 8.51. The number of rotatable bonds is 7. The fourth-order valence-electron chi connectivity index (χ4n) is 4.88. The lowest BCUT2D eigenvalue weighted by Crippen LogP contribution is -2.41. The Morgan fingerprint density at radius 2 is 1.92 bits per heavy atom. The van der Waals surface area contributed by atoms with E-state index in [2.05, 4.69) is 5.32 Å². The number of hydrogen-bond donors (Lipinski definition) is 2. The molecule has 0 saturated carbocycles. The number of fused-ring (bicyclic) bond motifs is 1. The molecule has 36 heavy (non-hydrogen) atoms. The van der Waals surface area contributed by atoms with Crippen molar-refractivity contribution in [3.8, 4) is 0 Å². The number of aryl methyl sites for hydroxylation is 1. The first kappa shape index (κ1) is 26.3. The van der Waals surface area contributed by atoms with E-state index < -0.39 is 21.4 Å². The van der Waals surface area contributed by atoms with Crippen molar-refractivity contribution in [3.05, 3.63) is 46.8 Å². The van der Waals surface area contributed by atoms with Crippen molar-refractivity contribution < 1.29 is 27.5 Å². The lowest BCUT2D eigenvalue weighted by molar-refractivity contribution is 0.0145. The van der Waals surface area contributed by atoms with Gasteiger partial charge in [-0.2, -0.15) is 5.10 Å². The summed E-state index contributed by atoms with van der Waals surface area (Å²) in [6.07, 6.45) is 3.14. The molecule has 2 aliphatic heterocycles. The van der Waals surface area contributed by atoms with Gasteiger partial charge in [0.15, 0.2) is 0 Å². The predicted octanol–water partition coefficient (Wildman–Crippen LogP) is 2.06. The van der Waals surface area contributed by atoms with Crippen LogP contribution in [0, 0.1) is 10.8 Å². The lowest BCUT2D eigenvalue weighted by Gasteiger charge is -2.36. The smallest absolute Gasteiger partial charge is 0.338 e. The molecule has 4 rings (SSSR count). The average Bonchev–Trinajstić information content (AvgIpc) is 3.09. The van der Waals surface area contributed by atoms with Crippen LogP contribution in [0.4, 0.5) is 0 Å². The molecule has 3 heterocycles. The van der Waals surface area contributed by atoms with E-state index in [0.29, 0.717) is 38.3 Å². The van der Waals surface area contributed by atoms with Crippen molar-refractivity contribution in [3.63, 3.8) is 0 Å². The van der Waals surface area contributed by atoms with Crippen LogP contribution < -0.4 is 10.5 Å². The van der Waals surface area contributed by atoms with Gasteiger partial charge in [0.2, 0.25) is 10.0 Å². The number of nitrogens with one attached hydrogen (secondary N) is 1. The Morgan fingerprint density at radius 1 is 1.25 bits per heavy atom. The minimum absolute atomic E-state index is 0.0538. The third-order valence-corrected chi connectivity index (χ3v) is 7.93. The van der Waals surface area contributed by atoms with Crippen LogP contribution in [0.1, 0.15) is 65.7 Å². The maximum atomic E-state index is 13.0. The predicted molar refractivity (Wildman–Crippen MR) is 132 cm³/mol. The molecule has 196 valence electrons. The van der Waals surface area contributed by atoms with Gasteiger partial charge >= 0.3 is 5.97 Å². The number of benzene rings is 1. The number of amides is 1. The lowest BCUT2D eigenvalue weighted by atomic mass is 9.76. The molecule has 0 aliphatic carbocycles. The summed E-state index contributed by atoms with van der Waals surface area (Å²) in [5, 5.41) is 13.0. The molecule has 2 aliphatic rings. The van der Waals surface area contributed by atoms with Gasteiger partial charge in [-0.15, -0.1) is 0 Å². The number of aromatic nitrogens is 2. The number of sulfonamides is 1. The Labute approximate surface area is 211 Å². The fraction of sp³-hybridized carbons (Fsp3) is 0.560. The van der Waals surface area contributed by atoms with Crippen LogP contribution in [0.5, 0.6) is 0 Å². The van der Waals surface area contributed by atoms with E-state index in [0.717, 1.165) is 30.7 Å². The van der Waals surface area contributed by atoms with Crippen molar-refractivity contribution in [2.45, 2.75) is 57.9 Å². The van der Waals surface area contributed by atoms with Crippen molar-refractivity contribution in [2.24, 2.45) is 16.0 Å². The van der Waals surface area contributed by atoms with Crippen LogP contribution in [0.3, 0.4) is 0 Å². The summed E-state index contributed by atoms with van der Waals surface area (Å²) in [7, 11) is -3.84. The Bertz CT molecular complexity index is 1240. The van der Waals surface area contributed by atoms with Gasteiger partial charge in [0.05, 0.1) is 34.0 Å². The number of carbonyl (C=O) groups excluding carboxylic acids is 2. The normalized spacial score (nSPS) is 17.8. The van der Waals surface area contributed by atoms with Gasteiger partial charge in [-0.25, -0.2) is 18.4 Å². The number of nitrogens with zero attached hydrogens (tertiary/aromatic N) is 2. The van der Waals surface area contributed by atoms with Gasteiger partial charge in [0.25, 0.3) is 5.91 Å². The highest BCUT2D eigenvalue weighted by Crippen LogP contribution is 2.38. The zero-order chi connectivity index (χ0) is 26.1. The van der Waals surface area contributed by atoms with E-state index in [1.807, 2.05) is 25.5 Å². The number of ether oxygens (including phenoxy) is 2. The molecule has 0 radical (unpaired) electrons. The molecule has 1 fully saturated rings. The zero-order valence-electron chi connectivity index (χ0n) is 21.0. The third kappa shape index (κ3) is 5.63. The molecule has 0 bridgehead atoms. The van der Waals surface area contributed by atoms with Crippen molar-refractivity contribution >= 4 is 21.9 Å². The minimum atomic E-state index is -3.84. The van der Waals surface area contributed by atoms with E-state index in [-0.39, 0.29) is 28.4 Å². The minimum Gasteiger partial charge on any atom is -0.461 e. The van der Waals surface area contributed by atoms with Crippen LogP contribution in [-0.2, 0) is 38.9 Å². The van der Waals surface area contributed by atoms with Crippen molar-refractivity contribution in [1.82, 2.24) is 15.1 Å². The summed E-state index contributed by atoms with van der Waals surface area (Å²) in [4.78, 5) is 25.6. The van der Waals surface area contributed by atoms with Crippen molar-refractivity contribution in [1.29, 1.82) is 0 Å². The van der Waals surface area contributed by atoms with Gasteiger partial charge in [-0.3, -0.25) is 9.48 Å². The topological polar surface area (TPSA) is 143 Å². The van der Waals surface area contributed by atoms with Gasteiger partial charge in [-0.05, 0) is 55.4 Å². The number of carbonyl (C=O) groups is 2. The molecule has 2 aromatic rings. The van der Waals surface area contributed by atoms with Gasteiger partial charge in [0, 0.05) is 31.7 Å².